The second-order valence-electron chi connectivity index (χ2n) is 6.12. The zero-order valence-corrected chi connectivity index (χ0v) is 12.9. The van der Waals surface area contributed by atoms with Gasteiger partial charge in [-0.1, -0.05) is 6.07 Å². The molecule has 1 unspecified atom stereocenters. The molecular formula is C17H24N2O3. The Kier molecular flexibility index (Phi) is 5.27. The van der Waals surface area contributed by atoms with E-state index in [1.54, 1.807) is 6.20 Å². The number of aromatic nitrogens is 1. The van der Waals surface area contributed by atoms with Crippen molar-refractivity contribution in [1.82, 2.24) is 10.3 Å². The molecule has 1 aromatic heterocycles. The van der Waals surface area contributed by atoms with Crippen molar-refractivity contribution in [2.75, 3.05) is 13.2 Å². The fourth-order valence-electron chi connectivity index (χ4n) is 3.10. The molecule has 1 saturated heterocycles. The van der Waals surface area contributed by atoms with E-state index in [0.29, 0.717) is 19.0 Å². The van der Waals surface area contributed by atoms with E-state index < -0.39 is 0 Å². The second-order valence-corrected chi connectivity index (χ2v) is 6.12. The van der Waals surface area contributed by atoms with Gasteiger partial charge >= 0.3 is 0 Å². The average molecular weight is 304 g/mol. The predicted octanol–water partition coefficient (Wildman–Crippen LogP) is 2.45. The van der Waals surface area contributed by atoms with Gasteiger partial charge in [-0.25, -0.2) is 4.98 Å². The maximum absolute atomic E-state index is 12.2. The van der Waals surface area contributed by atoms with Crippen molar-refractivity contribution in [2.45, 2.75) is 51.2 Å². The van der Waals surface area contributed by atoms with Gasteiger partial charge in [-0.15, -0.1) is 0 Å². The monoisotopic (exact) mass is 304 g/mol. The van der Waals surface area contributed by atoms with Gasteiger partial charge in [0.1, 0.15) is 6.10 Å². The quantitative estimate of drug-likeness (QED) is 0.907. The Hall–Kier alpha value is -1.62. The highest BCUT2D eigenvalue weighted by atomic mass is 16.5. The van der Waals surface area contributed by atoms with Crippen LogP contribution in [-0.4, -0.2) is 30.2 Å². The van der Waals surface area contributed by atoms with Crippen molar-refractivity contribution in [3.05, 3.63) is 23.9 Å². The minimum atomic E-state index is -0.0235. The molecule has 1 atom stereocenters. The van der Waals surface area contributed by atoms with Crippen molar-refractivity contribution in [1.29, 1.82) is 0 Å². The summed E-state index contributed by atoms with van der Waals surface area (Å²) in [5.41, 5.74) is 0.944. The lowest BCUT2D eigenvalue weighted by Gasteiger charge is -2.21. The number of nitrogens with one attached hydrogen (secondary N) is 1. The Morgan fingerprint density at radius 1 is 1.32 bits per heavy atom. The summed E-state index contributed by atoms with van der Waals surface area (Å²) >= 11 is 0. The van der Waals surface area contributed by atoms with Crippen LogP contribution in [0, 0.1) is 5.92 Å². The molecule has 0 radical (unpaired) electrons. The van der Waals surface area contributed by atoms with Crippen molar-refractivity contribution in [3.63, 3.8) is 0 Å². The molecule has 1 aliphatic heterocycles. The highest BCUT2D eigenvalue weighted by Gasteiger charge is 2.22. The van der Waals surface area contributed by atoms with Gasteiger partial charge in [0.2, 0.25) is 11.8 Å². The molecule has 22 heavy (non-hydrogen) atoms. The largest absolute Gasteiger partial charge is 0.474 e. The van der Waals surface area contributed by atoms with Crippen LogP contribution in [0.3, 0.4) is 0 Å². The summed E-state index contributed by atoms with van der Waals surface area (Å²) in [5.74, 6) is 0.703. The molecule has 5 heteroatoms. The standard InChI is InChI=1S/C17H24N2O3/c20-16(14-6-4-10-21-12-14)19-11-13-5-3-9-18-17(13)22-15-7-1-2-8-15/h3,5,9,14-15H,1-2,4,6-8,10-12H2,(H,19,20). The fraction of sp³-hybridized carbons (Fsp3) is 0.647. The van der Waals surface area contributed by atoms with Gasteiger partial charge in [-0.3, -0.25) is 4.79 Å². The summed E-state index contributed by atoms with van der Waals surface area (Å²) < 4.78 is 11.4. The third kappa shape index (κ3) is 3.97. The average Bonchev–Trinajstić information content (AvgIpc) is 3.07. The Balaban J connectivity index is 1.56. The smallest absolute Gasteiger partial charge is 0.225 e. The van der Waals surface area contributed by atoms with Gasteiger partial charge in [-0.2, -0.15) is 0 Å². The first-order valence-electron chi connectivity index (χ1n) is 8.29. The van der Waals surface area contributed by atoms with Gasteiger partial charge in [-0.05, 0) is 44.6 Å². The van der Waals surface area contributed by atoms with E-state index in [4.69, 9.17) is 9.47 Å². The van der Waals surface area contributed by atoms with Gasteiger partial charge < -0.3 is 14.8 Å². The molecule has 2 fully saturated rings. The van der Waals surface area contributed by atoms with Crippen LogP contribution in [0.15, 0.2) is 18.3 Å². The number of hydrogen-bond donors (Lipinski definition) is 1. The molecule has 5 nitrogen and oxygen atoms in total. The van der Waals surface area contributed by atoms with Crippen LogP contribution in [0.4, 0.5) is 0 Å². The first kappa shape index (κ1) is 15.3. The van der Waals surface area contributed by atoms with Crippen LogP contribution in [0.2, 0.25) is 0 Å². The number of carbonyl (C=O) groups excluding carboxylic acids is 1. The van der Waals surface area contributed by atoms with Crippen LogP contribution in [0.5, 0.6) is 5.88 Å². The maximum atomic E-state index is 12.2. The number of pyridine rings is 1. The molecule has 1 N–H and O–H groups in total. The van der Waals surface area contributed by atoms with Gasteiger partial charge in [0.15, 0.2) is 0 Å². The Morgan fingerprint density at radius 2 is 2.18 bits per heavy atom. The number of carbonyl (C=O) groups is 1. The summed E-state index contributed by atoms with van der Waals surface area (Å²) in [4.78, 5) is 16.5. The van der Waals surface area contributed by atoms with Crippen LogP contribution < -0.4 is 10.1 Å². The zero-order chi connectivity index (χ0) is 15.2. The number of amides is 1. The second kappa shape index (κ2) is 7.58. The normalized spacial score (nSPS) is 22.5. The third-order valence-corrected chi connectivity index (χ3v) is 4.41. The lowest BCUT2D eigenvalue weighted by Crippen LogP contribution is -2.35. The van der Waals surface area contributed by atoms with Crippen molar-refractivity contribution in [2.24, 2.45) is 5.92 Å². The first-order chi connectivity index (χ1) is 10.8. The summed E-state index contributed by atoms with van der Waals surface area (Å²) in [5, 5.41) is 3.00. The van der Waals surface area contributed by atoms with E-state index in [-0.39, 0.29) is 17.9 Å². The molecular weight excluding hydrogens is 280 g/mol. The molecule has 120 valence electrons. The van der Waals surface area contributed by atoms with Crippen LogP contribution in [-0.2, 0) is 16.1 Å². The summed E-state index contributed by atoms with van der Waals surface area (Å²) in [6.07, 6.45) is 8.53. The Bertz CT molecular complexity index is 494. The fourth-order valence-corrected chi connectivity index (χ4v) is 3.10. The molecule has 0 bridgehead atoms. The predicted molar refractivity (Wildman–Crippen MR) is 82.5 cm³/mol. The third-order valence-electron chi connectivity index (χ3n) is 4.41. The van der Waals surface area contributed by atoms with Crippen molar-refractivity contribution in [3.8, 4) is 5.88 Å². The number of nitrogens with zero attached hydrogens (tertiary/aromatic N) is 1. The van der Waals surface area contributed by atoms with E-state index in [1.807, 2.05) is 12.1 Å². The van der Waals surface area contributed by atoms with Crippen LogP contribution in [0.25, 0.3) is 0 Å². The topological polar surface area (TPSA) is 60.5 Å². The van der Waals surface area contributed by atoms with Gasteiger partial charge in [0.05, 0.1) is 12.5 Å². The molecule has 1 aromatic rings. The van der Waals surface area contributed by atoms with E-state index in [9.17, 15) is 4.79 Å². The first-order valence-corrected chi connectivity index (χ1v) is 8.29. The molecule has 2 aliphatic rings. The lowest BCUT2D eigenvalue weighted by atomic mass is 10.0. The Morgan fingerprint density at radius 3 is 2.95 bits per heavy atom. The maximum Gasteiger partial charge on any atom is 0.225 e. The SMILES string of the molecule is O=C(NCc1cccnc1OC1CCCC1)C1CCCOC1. The molecule has 2 heterocycles. The van der Waals surface area contributed by atoms with Gasteiger partial charge in [0, 0.05) is 24.9 Å². The minimum absolute atomic E-state index is 0.0235. The molecule has 1 amide bonds. The summed E-state index contributed by atoms with van der Waals surface area (Å²) in [6, 6.07) is 3.85. The van der Waals surface area contributed by atoms with Crippen LogP contribution in [0.1, 0.15) is 44.1 Å². The molecule has 1 aliphatic carbocycles. The molecule has 0 spiro atoms. The molecule has 3 rings (SSSR count). The number of rotatable bonds is 5. The van der Waals surface area contributed by atoms with Gasteiger partial charge in [0.25, 0.3) is 0 Å². The summed E-state index contributed by atoms with van der Waals surface area (Å²) in [6.45, 7) is 1.77. The van der Waals surface area contributed by atoms with E-state index in [0.717, 1.165) is 37.9 Å². The number of hydrogen-bond acceptors (Lipinski definition) is 4. The van der Waals surface area contributed by atoms with E-state index in [1.165, 1.54) is 12.8 Å². The highest BCUT2D eigenvalue weighted by molar-refractivity contribution is 5.78. The van der Waals surface area contributed by atoms with Crippen LogP contribution >= 0.6 is 0 Å². The van der Waals surface area contributed by atoms with Crippen molar-refractivity contribution >= 4 is 5.91 Å². The van der Waals surface area contributed by atoms with Crippen molar-refractivity contribution < 1.29 is 14.3 Å². The highest BCUT2D eigenvalue weighted by Crippen LogP contribution is 2.25. The Labute approximate surface area is 131 Å². The lowest BCUT2D eigenvalue weighted by molar-refractivity contribution is -0.129. The zero-order valence-electron chi connectivity index (χ0n) is 12.9. The van der Waals surface area contributed by atoms with E-state index in [2.05, 4.69) is 10.3 Å². The molecule has 1 saturated carbocycles. The number of ether oxygens (including phenoxy) is 2. The summed E-state index contributed by atoms with van der Waals surface area (Å²) in [7, 11) is 0. The molecule has 0 aromatic carbocycles. The van der Waals surface area contributed by atoms with E-state index >= 15 is 0 Å². The minimum Gasteiger partial charge on any atom is -0.474 e.